The molecule has 0 aliphatic rings. The Hall–Kier alpha value is -3.76. The number of hydrogen-bond acceptors (Lipinski definition) is 7. The van der Waals surface area contributed by atoms with Crippen LogP contribution in [0.2, 0.25) is 0 Å². The number of carbonyl (C=O) groups is 1. The van der Waals surface area contributed by atoms with E-state index in [2.05, 4.69) is 20.4 Å². The predicted octanol–water partition coefficient (Wildman–Crippen LogP) is 3.80. The third-order valence-corrected chi connectivity index (χ3v) is 8.19. The van der Waals surface area contributed by atoms with Crippen LogP contribution in [0.15, 0.2) is 59.5 Å². The minimum absolute atomic E-state index is 0.104. The lowest BCUT2D eigenvalue weighted by Gasteiger charge is -2.21. The molecule has 0 aliphatic carbocycles. The fourth-order valence-corrected chi connectivity index (χ4v) is 5.76. The van der Waals surface area contributed by atoms with Crippen molar-refractivity contribution in [2.24, 2.45) is 7.05 Å². The van der Waals surface area contributed by atoms with Crippen LogP contribution in [0.4, 0.5) is 5.69 Å². The summed E-state index contributed by atoms with van der Waals surface area (Å²) < 4.78 is 35.6. The highest BCUT2D eigenvalue weighted by Crippen LogP contribution is 2.34. The smallest absolute Gasteiger partial charge is 0.306 e. The summed E-state index contributed by atoms with van der Waals surface area (Å²) >= 11 is 0. The third-order valence-electron chi connectivity index (χ3n) is 6.73. The SMILES string of the molecule is CNc1ccccc1S(=O)(=O)NCc1cc(C(CC(=O)OC)c2ccc3c(nnn3C)c2C)ccc1C. The molecule has 10 heteroatoms. The van der Waals surface area contributed by atoms with Gasteiger partial charge >= 0.3 is 5.97 Å². The van der Waals surface area contributed by atoms with Crippen LogP contribution in [-0.4, -0.2) is 43.5 Å². The fourth-order valence-electron chi connectivity index (χ4n) is 4.54. The molecule has 4 rings (SSSR count). The molecule has 0 amide bonds. The van der Waals surface area contributed by atoms with E-state index in [-0.39, 0.29) is 29.7 Å². The van der Waals surface area contributed by atoms with Crippen molar-refractivity contribution in [1.82, 2.24) is 19.7 Å². The van der Waals surface area contributed by atoms with E-state index in [4.69, 9.17) is 4.74 Å². The minimum atomic E-state index is -3.76. The summed E-state index contributed by atoms with van der Waals surface area (Å²) in [6, 6.07) is 16.6. The molecular formula is C27H31N5O4S. The monoisotopic (exact) mass is 521 g/mol. The number of anilines is 1. The van der Waals surface area contributed by atoms with Crippen molar-refractivity contribution in [3.05, 3.63) is 82.4 Å². The second kappa shape index (κ2) is 10.7. The molecule has 9 nitrogen and oxygen atoms in total. The Kier molecular flexibility index (Phi) is 7.60. The molecule has 194 valence electrons. The fraction of sp³-hybridized carbons (Fsp3) is 0.296. The minimum Gasteiger partial charge on any atom is -0.469 e. The Balaban J connectivity index is 1.70. The average Bonchev–Trinajstić information content (AvgIpc) is 3.28. The van der Waals surface area contributed by atoms with Crippen molar-refractivity contribution in [3.8, 4) is 0 Å². The van der Waals surface area contributed by atoms with Gasteiger partial charge in [-0.2, -0.15) is 0 Å². The first kappa shape index (κ1) is 26.3. The van der Waals surface area contributed by atoms with E-state index in [9.17, 15) is 13.2 Å². The number of nitrogens with one attached hydrogen (secondary N) is 2. The average molecular weight is 522 g/mol. The Morgan fingerprint density at radius 2 is 1.86 bits per heavy atom. The van der Waals surface area contributed by atoms with E-state index in [0.29, 0.717) is 5.69 Å². The van der Waals surface area contributed by atoms with Crippen LogP contribution in [0, 0.1) is 13.8 Å². The number of benzene rings is 3. The summed E-state index contributed by atoms with van der Waals surface area (Å²) in [7, 11) is 1.13. The van der Waals surface area contributed by atoms with Crippen molar-refractivity contribution in [2.45, 2.75) is 37.6 Å². The van der Waals surface area contributed by atoms with E-state index in [1.165, 1.54) is 7.11 Å². The Morgan fingerprint density at radius 3 is 2.59 bits per heavy atom. The first-order chi connectivity index (χ1) is 17.7. The van der Waals surface area contributed by atoms with Gasteiger partial charge in [0.25, 0.3) is 0 Å². The van der Waals surface area contributed by atoms with Gasteiger partial charge in [-0.3, -0.25) is 4.79 Å². The van der Waals surface area contributed by atoms with Gasteiger partial charge in [0.05, 0.1) is 24.7 Å². The van der Waals surface area contributed by atoms with Crippen molar-refractivity contribution in [1.29, 1.82) is 0 Å². The van der Waals surface area contributed by atoms with Gasteiger partial charge in [-0.05, 0) is 59.9 Å². The molecule has 3 aromatic carbocycles. The van der Waals surface area contributed by atoms with Gasteiger partial charge in [-0.15, -0.1) is 5.10 Å². The zero-order chi connectivity index (χ0) is 26.7. The Morgan fingerprint density at radius 1 is 1.11 bits per heavy atom. The number of sulfonamides is 1. The number of esters is 1. The number of methoxy groups -OCH3 is 1. The van der Waals surface area contributed by atoms with Crippen molar-refractivity contribution < 1.29 is 17.9 Å². The largest absolute Gasteiger partial charge is 0.469 e. The van der Waals surface area contributed by atoms with Crippen LogP contribution in [0.5, 0.6) is 0 Å². The van der Waals surface area contributed by atoms with Crippen molar-refractivity contribution in [3.63, 3.8) is 0 Å². The summed E-state index contributed by atoms with van der Waals surface area (Å²) in [4.78, 5) is 12.6. The lowest BCUT2D eigenvalue weighted by atomic mass is 9.84. The summed E-state index contributed by atoms with van der Waals surface area (Å²) in [5, 5.41) is 11.3. The number of ether oxygens (including phenoxy) is 1. The number of aryl methyl sites for hydroxylation is 3. The molecular weight excluding hydrogens is 490 g/mol. The van der Waals surface area contributed by atoms with Crippen LogP contribution in [0.1, 0.15) is 40.2 Å². The van der Waals surface area contributed by atoms with Gasteiger partial charge in [0.2, 0.25) is 10.0 Å². The van der Waals surface area contributed by atoms with Crippen molar-refractivity contribution in [2.75, 3.05) is 19.5 Å². The van der Waals surface area contributed by atoms with Gasteiger partial charge in [-0.25, -0.2) is 17.8 Å². The number of rotatable bonds is 9. The zero-order valence-corrected chi connectivity index (χ0v) is 22.4. The molecule has 37 heavy (non-hydrogen) atoms. The lowest BCUT2D eigenvalue weighted by Crippen LogP contribution is -2.24. The van der Waals surface area contributed by atoms with Gasteiger partial charge in [-0.1, -0.05) is 41.6 Å². The molecule has 1 unspecified atom stereocenters. The second-order valence-electron chi connectivity index (χ2n) is 8.95. The molecule has 2 N–H and O–H groups in total. The molecule has 0 fully saturated rings. The maximum Gasteiger partial charge on any atom is 0.306 e. The van der Waals surface area contributed by atoms with Crippen LogP contribution >= 0.6 is 0 Å². The van der Waals surface area contributed by atoms with Gasteiger partial charge < -0.3 is 10.1 Å². The molecule has 0 spiro atoms. The molecule has 4 aromatic rings. The Bertz CT molecular complexity index is 1560. The molecule has 0 bridgehead atoms. The highest BCUT2D eigenvalue weighted by Gasteiger charge is 2.24. The second-order valence-corrected chi connectivity index (χ2v) is 10.7. The van der Waals surface area contributed by atoms with E-state index < -0.39 is 10.0 Å². The molecule has 1 aromatic heterocycles. The number of para-hydroxylation sites is 1. The number of fused-ring (bicyclic) bond motifs is 1. The van der Waals surface area contributed by atoms with E-state index >= 15 is 0 Å². The number of nitrogens with zero attached hydrogens (tertiary/aromatic N) is 3. The zero-order valence-electron chi connectivity index (χ0n) is 21.6. The maximum atomic E-state index is 13.1. The summed E-state index contributed by atoms with van der Waals surface area (Å²) in [6.45, 7) is 4.01. The van der Waals surface area contributed by atoms with Crippen LogP contribution in [0.25, 0.3) is 11.0 Å². The molecule has 0 aliphatic heterocycles. The van der Waals surface area contributed by atoms with Crippen LogP contribution < -0.4 is 10.0 Å². The quantitative estimate of drug-likeness (QED) is 0.322. The first-order valence-electron chi connectivity index (χ1n) is 11.9. The third kappa shape index (κ3) is 5.35. The van der Waals surface area contributed by atoms with Crippen LogP contribution in [-0.2, 0) is 33.1 Å². The lowest BCUT2D eigenvalue weighted by molar-refractivity contribution is -0.140. The molecule has 1 atom stereocenters. The molecule has 0 saturated carbocycles. The Labute approximate surface area is 216 Å². The van der Waals surface area contributed by atoms with E-state index in [1.807, 2.05) is 51.2 Å². The highest BCUT2D eigenvalue weighted by atomic mass is 32.2. The maximum absolute atomic E-state index is 13.1. The van der Waals surface area contributed by atoms with Gasteiger partial charge in [0, 0.05) is 26.6 Å². The van der Waals surface area contributed by atoms with Gasteiger partial charge in [0.15, 0.2) is 0 Å². The topological polar surface area (TPSA) is 115 Å². The highest BCUT2D eigenvalue weighted by molar-refractivity contribution is 7.89. The molecule has 1 heterocycles. The summed E-state index contributed by atoms with van der Waals surface area (Å²) in [5.41, 5.74) is 6.71. The standard InChI is InChI=1S/C27H31N5O4S/c1-17-10-11-19(14-20(17)16-29-37(34,35)25-9-7-6-8-23(25)28-3)22(15-26(33)36-5)21-12-13-24-27(18(21)2)30-31-32(24)4/h6-14,22,28-29H,15-16H2,1-5H3. The summed E-state index contributed by atoms with van der Waals surface area (Å²) in [5.74, 6) is -0.644. The number of carbonyl (C=O) groups excluding carboxylic acids is 1. The van der Waals surface area contributed by atoms with Crippen LogP contribution in [0.3, 0.4) is 0 Å². The first-order valence-corrected chi connectivity index (χ1v) is 13.4. The molecule has 0 saturated heterocycles. The van der Waals surface area contributed by atoms with Crippen molar-refractivity contribution >= 4 is 32.7 Å². The van der Waals surface area contributed by atoms with Gasteiger partial charge in [0.1, 0.15) is 10.4 Å². The predicted molar refractivity (Wildman–Crippen MR) is 143 cm³/mol. The number of aromatic nitrogens is 3. The van der Waals surface area contributed by atoms with E-state index in [1.54, 1.807) is 36.0 Å². The van der Waals surface area contributed by atoms with E-state index in [0.717, 1.165) is 38.9 Å². The summed E-state index contributed by atoms with van der Waals surface area (Å²) in [6.07, 6.45) is 0.132. The molecule has 0 radical (unpaired) electrons. The number of hydrogen-bond donors (Lipinski definition) is 2. The normalized spacial score (nSPS) is 12.5.